The van der Waals surface area contributed by atoms with Gasteiger partial charge < -0.3 is 0 Å². The Hall–Kier alpha value is 0.829. The van der Waals surface area contributed by atoms with Crippen molar-refractivity contribution in [2.24, 2.45) is 0 Å². The van der Waals surface area contributed by atoms with E-state index >= 15 is 0 Å². The molecule has 0 aromatic carbocycles. The molecule has 0 rings (SSSR count). The van der Waals surface area contributed by atoms with Gasteiger partial charge in [-0.05, 0) is 0 Å². The molecule has 0 aromatic rings. The molecular weight excluding hydrogens is 226 g/mol. The van der Waals surface area contributed by atoms with Crippen LogP contribution in [0.3, 0.4) is 0 Å². The van der Waals surface area contributed by atoms with Gasteiger partial charge in [-0.25, -0.2) is 0 Å². The second kappa shape index (κ2) is 3.78. The van der Waals surface area contributed by atoms with Crippen LogP contribution >= 0.6 is 8.92 Å². The Bertz CT molecular complexity index is 76.6. The minimum atomic E-state index is -2.10. The third-order valence-electron chi connectivity index (χ3n) is 1.54. The van der Waals surface area contributed by atoms with Crippen LogP contribution in [0.15, 0.2) is 10.7 Å². The van der Waals surface area contributed by atoms with Crippen molar-refractivity contribution in [3.8, 4) is 0 Å². The third-order valence-corrected chi connectivity index (χ3v) is 15.0. The maximum atomic E-state index is 6.18. The Morgan fingerprint density at radius 2 is 1.88 bits per heavy atom. The van der Waals surface area contributed by atoms with Crippen molar-refractivity contribution in [1.29, 1.82) is 0 Å². The molecule has 0 bridgehead atoms. The first-order valence-corrected chi connectivity index (χ1v) is 12.3. The molecule has 0 saturated carbocycles. The molecule has 0 spiro atoms. The fraction of sp³-hybridized carbons (Fsp3) is 0.667. The van der Waals surface area contributed by atoms with Crippen LogP contribution in [0.5, 0.6) is 0 Å². The van der Waals surface area contributed by atoms with Crippen LogP contribution in [0.1, 0.15) is 13.8 Å². The first kappa shape index (κ1) is 8.83. The van der Waals surface area contributed by atoms with Crippen molar-refractivity contribution in [2.75, 3.05) is 0 Å². The van der Waals surface area contributed by atoms with Crippen molar-refractivity contribution in [3.63, 3.8) is 0 Å². The molecule has 0 saturated heterocycles. The SMILES string of the molecule is C=[CH][Sn]([Cl])([CH2]C)[CH2]C. The van der Waals surface area contributed by atoms with E-state index in [0.717, 1.165) is 0 Å². The van der Waals surface area contributed by atoms with Gasteiger partial charge in [0.25, 0.3) is 0 Å². The van der Waals surface area contributed by atoms with Crippen LogP contribution in [0.4, 0.5) is 0 Å². The first-order valence-electron chi connectivity index (χ1n) is 3.01. The van der Waals surface area contributed by atoms with Crippen LogP contribution in [0, 0.1) is 0 Å². The zero-order chi connectivity index (χ0) is 6.62. The molecular formula is C6H13ClSn. The molecule has 0 fully saturated rings. The second-order valence-electron chi connectivity index (χ2n) is 1.95. The molecule has 0 aliphatic rings. The van der Waals surface area contributed by atoms with Gasteiger partial charge in [0.15, 0.2) is 0 Å². The van der Waals surface area contributed by atoms with Gasteiger partial charge in [-0.15, -0.1) is 0 Å². The van der Waals surface area contributed by atoms with Gasteiger partial charge >= 0.3 is 59.6 Å². The average molecular weight is 239 g/mol. The van der Waals surface area contributed by atoms with Crippen LogP contribution in [-0.4, -0.2) is 17.3 Å². The number of hydrogen-bond donors (Lipinski definition) is 0. The quantitative estimate of drug-likeness (QED) is 0.664. The molecule has 0 amide bonds. The molecule has 0 nitrogen and oxygen atoms in total. The van der Waals surface area contributed by atoms with E-state index in [2.05, 4.69) is 20.4 Å². The van der Waals surface area contributed by atoms with Crippen LogP contribution in [0.2, 0.25) is 8.87 Å². The summed E-state index contributed by atoms with van der Waals surface area (Å²) in [6.07, 6.45) is 0. The Morgan fingerprint density at radius 3 is 1.88 bits per heavy atom. The Morgan fingerprint density at radius 1 is 1.50 bits per heavy atom. The van der Waals surface area contributed by atoms with Gasteiger partial charge in [0.2, 0.25) is 0 Å². The third kappa shape index (κ3) is 2.40. The van der Waals surface area contributed by atoms with Gasteiger partial charge in [0, 0.05) is 0 Å². The fourth-order valence-electron chi connectivity index (χ4n) is 0.539. The van der Waals surface area contributed by atoms with Crippen molar-refractivity contribution in [3.05, 3.63) is 10.7 Å². The molecule has 2 heteroatoms. The predicted octanol–water partition coefficient (Wildman–Crippen LogP) is 2.94. The first-order chi connectivity index (χ1) is 3.68. The van der Waals surface area contributed by atoms with Crippen molar-refractivity contribution < 1.29 is 0 Å². The molecule has 0 radical (unpaired) electrons. The summed E-state index contributed by atoms with van der Waals surface area (Å²) in [7, 11) is 6.18. The van der Waals surface area contributed by atoms with Crippen LogP contribution in [-0.2, 0) is 0 Å². The molecule has 48 valence electrons. The second-order valence-corrected chi connectivity index (χ2v) is 18.1. The summed E-state index contributed by atoms with van der Waals surface area (Å²) in [5, 5.41) is 0. The van der Waals surface area contributed by atoms with Gasteiger partial charge in [0.1, 0.15) is 0 Å². The molecule has 0 unspecified atom stereocenters. The van der Waals surface area contributed by atoms with E-state index in [1.54, 1.807) is 0 Å². The summed E-state index contributed by atoms with van der Waals surface area (Å²) in [6.45, 7) is 8.06. The predicted molar refractivity (Wildman–Crippen MR) is 42.8 cm³/mol. The zero-order valence-corrected chi connectivity index (χ0v) is 9.19. The summed E-state index contributed by atoms with van der Waals surface area (Å²) in [6, 6.07) is 0. The zero-order valence-electron chi connectivity index (χ0n) is 5.58. The van der Waals surface area contributed by atoms with Gasteiger partial charge in [-0.3, -0.25) is 0 Å². The van der Waals surface area contributed by atoms with E-state index in [-0.39, 0.29) is 0 Å². The Labute approximate surface area is 59.5 Å². The number of rotatable bonds is 3. The fourth-order valence-corrected chi connectivity index (χ4v) is 3.61. The average Bonchev–Trinajstić information content (AvgIpc) is 1.87. The van der Waals surface area contributed by atoms with Crippen molar-refractivity contribution >= 4 is 26.2 Å². The normalized spacial score (nSPS) is 11.4. The van der Waals surface area contributed by atoms with E-state index in [9.17, 15) is 0 Å². The Kier molecular flexibility index (Phi) is 4.17. The van der Waals surface area contributed by atoms with Crippen LogP contribution in [0.25, 0.3) is 0 Å². The molecule has 0 aliphatic heterocycles. The molecule has 0 heterocycles. The molecule has 0 N–H and O–H groups in total. The van der Waals surface area contributed by atoms with E-state index in [1.165, 1.54) is 8.87 Å². The minimum absolute atomic E-state index is 1.18. The van der Waals surface area contributed by atoms with Gasteiger partial charge in [0.05, 0.1) is 0 Å². The van der Waals surface area contributed by atoms with Gasteiger partial charge in [-0.2, -0.15) is 0 Å². The molecule has 0 atom stereocenters. The molecule has 0 aliphatic carbocycles. The summed E-state index contributed by atoms with van der Waals surface area (Å²) < 4.78 is 4.38. The summed E-state index contributed by atoms with van der Waals surface area (Å²) in [4.78, 5) is 0. The van der Waals surface area contributed by atoms with E-state index in [0.29, 0.717) is 0 Å². The topological polar surface area (TPSA) is 0 Å². The van der Waals surface area contributed by atoms with Gasteiger partial charge in [-0.1, -0.05) is 0 Å². The number of hydrogen-bond acceptors (Lipinski definition) is 0. The van der Waals surface area contributed by atoms with E-state index in [1.807, 2.05) is 4.09 Å². The van der Waals surface area contributed by atoms with Crippen molar-refractivity contribution in [2.45, 2.75) is 22.7 Å². The summed E-state index contributed by atoms with van der Waals surface area (Å²) >= 11 is -2.10. The van der Waals surface area contributed by atoms with Crippen molar-refractivity contribution in [1.82, 2.24) is 0 Å². The van der Waals surface area contributed by atoms with E-state index in [4.69, 9.17) is 8.92 Å². The maximum absolute atomic E-state index is 6.18. The molecule has 8 heavy (non-hydrogen) atoms. The Balaban J connectivity index is 3.76. The number of halogens is 1. The summed E-state index contributed by atoms with van der Waals surface area (Å²) in [5.74, 6) is 0. The standard InChI is InChI=1S/2C2H5.C2H3.ClH.Sn/c3*1-2;;/h2*1H2,2H3;1H,2H2;1H;/q;;;;+1/p-1. The molecule has 0 aromatic heterocycles. The van der Waals surface area contributed by atoms with Crippen LogP contribution < -0.4 is 0 Å². The van der Waals surface area contributed by atoms with E-state index < -0.39 is 17.3 Å². The monoisotopic (exact) mass is 240 g/mol. The summed E-state index contributed by atoms with van der Waals surface area (Å²) in [5.41, 5.74) is 0.